The SMILES string of the molecule is CCC(CO)c1sc(-c2ccc[nH]2)nc1C. The van der Waals surface area contributed by atoms with E-state index >= 15 is 0 Å². The zero-order valence-electron chi connectivity index (χ0n) is 9.53. The van der Waals surface area contributed by atoms with Crippen LogP contribution in [0.5, 0.6) is 0 Å². The predicted octanol–water partition coefficient (Wildman–Crippen LogP) is 2.93. The second kappa shape index (κ2) is 4.80. The van der Waals surface area contributed by atoms with Gasteiger partial charge in [-0.05, 0) is 25.5 Å². The third-order valence-electron chi connectivity index (χ3n) is 2.74. The Morgan fingerprint density at radius 2 is 2.38 bits per heavy atom. The molecule has 2 rings (SSSR count). The first kappa shape index (κ1) is 11.4. The van der Waals surface area contributed by atoms with Gasteiger partial charge in [-0.2, -0.15) is 0 Å². The highest BCUT2D eigenvalue weighted by Gasteiger charge is 2.16. The molecule has 0 bridgehead atoms. The maximum Gasteiger partial charge on any atom is 0.140 e. The second-order valence-corrected chi connectivity index (χ2v) is 4.87. The Hall–Kier alpha value is -1.13. The van der Waals surface area contributed by atoms with E-state index in [4.69, 9.17) is 0 Å². The van der Waals surface area contributed by atoms with Gasteiger partial charge in [0, 0.05) is 17.0 Å². The van der Waals surface area contributed by atoms with Crippen molar-refractivity contribution in [3.05, 3.63) is 28.9 Å². The Morgan fingerprint density at radius 1 is 1.56 bits per heavy atom. The summed E-state index contributed by atoms with van der Waals surface area (Å²) >= 11 is 1.67. The average Bonchev–Trinajstić information content (AvgIpc) is 2.90. The summed E-state index contributed by atoms with van der Waals surface area (Å²) in [4.78, 5) is 8.90. The summed E-state index contributed by atoms with van der Waals surface area (Å²) in [6.07, 6.45) is 2.85. The fraction of sp³-hybridized carbons (Fsp3) is 0.417. The number of aliphatic hydroxyl groups excluding tert-OH is 1. The predicted molar refractivity (Wildman–Crippen MR) is 66.8 cm³/mol. The smallest absolute Gasteiger partial charge is 0.140 e. The highest BCUT2D eigenvalue weighted by atomic mass is 32.1. The van der Waals surface area contributed by atoms with E-state index in [2.05, 4.69) is 16.9 Å². The van der Waals surface area contributed by atoms with Crippen LogP contribution in [0.1, 0.15) is 29.8 Å². The van der Waals surface area contributed by atoms with Gasteiger partial charge in [0.1, 0.15) is 5.01 Å². The summed E-state index contributed by atoms with van der Waals surface area (Å²) in [5, 5.41) is 10.3. The van der Waals surface area contributed by atoms with Gasteiger partial charge in [-0.25, -0.2) is 4.98 Å². The van der Waals surface area contributed by atoms with Crippen LogP contribution in [-0.4, -0.2) is 21.7 Å². The van der Waals surface area contributed by atoms with Crippen LogP contribution in [0, 0.1) is 6.92 Å². The van der Waals surface area contributed by atoms with Crippen molar-refractivity contribution in [3.63, 3.8) is 0 Å². The molecule has 0 saturated carbocycles. The molecule has 2 aromatic heterocycles. The zero-order chi connectivity index (χ0) is 11.5. The number of aromatic nitrogens is 2. The summed E-state index contributed by atoms with van der Waals surface area (Å²) < 4.78 is 0. The summed E-state index contributed by atoms with van der Waals surface area (Å²) in [5.74, 6) is 0.223. The van der Waals surface area contributed by atoms with Gasteiger partial charge in [0.15, 0.2) is 0 Å². The Labute approximate surface area is 99.2 Å². The lowest BCUT2D eigenvalue weighted by Gasteiger charge is -2.08. The highest BCUT2D eigenvalue weighted by molar-refractivity contribution is 7.15. The van der Waals surface area contributed by atoms with Crippen LogP contribution in [0.4, 0.5) is 0 Å². The molecule has 0 aromatic carbocycles. The van der Waals surface area contributed by atoms with Crippen LogP contribution in [0.15, 0.2) is 18.3 Å². The molecule has 16 heavy (non-hydrogen) atoms. The fourth-order valence-corrected chi connectivity index (χ4v) is 2.99. The van der Waals surface area contributed by atoms with E-state index in [1.807, 2.05) is 25.3 Å². The first-order valence-electron chi connectivity index (χ1n) is 5.48. The normalized spacial score (nSPS) is 12.9. The van der Waals surface area contributed by atoms with Crippen LogP contribution < -0.4 is 0 Å². The quantitative estimate of drug-likeness (QED) is 0.857. The molecule has 0 spiro atoms. The van der Waals surface area contributed by atoms with E-state index in [1.165, 1.54) is 4.88 Å². The molecule has 2 aromatic rings. The number of nitrogens with zero attached hydrogens (tertiary/aromatic N) is 1. The Balaban J connectivity index is 2.35. The summed E-state index contributed by atoms with van der Waals surface area (Å²) in [5.41, 5.74) is 2.09. The van der Waals surface area contributed by atoms with Gasteiger partial charge < -0.3 is 10.1 Å². The minimum Gasteiger partial charge on any atom is -0.396 e. The molecule has 0 aliphatic carbocycles. The first-order chi connectivity index (χ1) is 7.76. The van der Waals surface area contributed by atoms with Crippen molar-refractivity contribution in [1.82, 2.24) is 9.97 Å². The Kier molecular flexibility index (Phi) is 3.41. The van der Waals surface area contributed by atoms with Crippen molar-refractivity contribution in [2.45, 2.75) is 26.2 Å². The van der Waals surface area contributed by atoms with E-state index in [9.17, 15) is 5.11 Å². The monoisotopic (exact) mass is 236 g/mol. The molecular weight excluding hydrogens is 220 g/mol. The second-order valence-electron chi connectivity index (χ2n) is 3.84. The number of hydrogen-bond donors (Lipinski definition) is 2. The van der Waals surface area contributed by atoms with Gasteiger partial charge in [-0.1, -0.05) is 6.92 Å². The number of nitrogens with one attached hydrogen (secondary N) is 1. The van der Waals surface area contributed by atoms with E-state index in [0.717, 1.165) is 22.8 Å². The number of hydrogen-bond acceptors (Lipinski definition) is 3. The van der Waals surface area contributed by atoms with Gasteiger partial charge in [-0.15, -0.1) is 11.3 Å². The summed E-state index contributed by atoms with van der Waals surface area (Å²) in [6, 6.07) is 3.98. The Bertz CT molecular complexity index is 444. The van der Waals surface area contributed by atoms with Crippen LogP contribution in [0.25, 0.3) is 10.7 Å². The summed E-state index contributed by atoms with van der Waals surface area (Å²) in [6.45, 7) is 4.30. The number of thiazole rings is 1. The van der Waals surface area contributed by atoms with Crippen molar-refractivity contribution < 1.29 is 5.11 Å². The van der Waals surface area contributed by atoms with Crippen LogP contribution in [0.3, 0.4) is 0 Å². The third kappa shape index (κ3) is 2.03. The number of aliphatic hydroxyl groups is 1. The van der Waals surface area contributed by atoms with Gasteiger partial charge >= 0.3 is 0 Å². The van der Waals surface area contributed by atoms with Crippen LogP contribution in [0.2, 0.25) is 0 Å². The van der Waals surface area contributed by atoms with E-state index < -0.39 is 0 Å². The minimum absolute atomic E-state index is 0.198. The van der Waals surface area contributed by atoms with Crippen molar-refractivity contribution in [2.24, 2.45) is 0 Å². The molecule has 86 valence electrons. The molecule has 2 N–H and O–H groups in total. The molecule has 2 heterocycles. The Morgan fingerprint density at radius 3 is 2.94 bits per heavy atom. The molecule has 0 saturated heterocycles. The number of rotatable bonds is 4. The maximum atomic E-state index is 9.31. The molecule has 0 radical (unpaired) electrons. The standard InChI is InChI=1S/C12H16N2OS/c1-3-9(7-15)11-8(2)14-12(16-11)10-5-4-6-13-10/h4-6,9,13,15H,3,7H2,1-2H3. The van der Waals surface area contributed by atoms with Gasteiger partial charge in [-0.3, -0.25) is 0 Å². The number of aromatic amines is 1. The van der Waals surface area contributed by atoms with E-state index in [1.54, 1.807) is 11.3 Å². The van der Waals surface area contributed by atoms with Crippen LogP contribution in [-0.2, 0) is 0 Å². The molecule has 0 aliphatic rings. The summed E-state index contributed by atoms with van der Waals surface area (Å²) in [7, 11) is 0. The lowest BCUT2D eigenvalue weighted by molar-refractivity contribution is 0.263. The molecule has 1 unspecified atom stereocenters. The molecule has 4 heteroatoms. The largest absolute Gasteiger partial charge is 0.396 e. The minimum atomic E-state index is 0.198. The van der Waals surface area contributed by atoms with Crippen molar-refractivity contribution in [1.29, 1.82) is 0 Å². The highest BCUT2D eigenvalue weighted by Crippen LogP contribution is 2.33. The molecular formula is C12H16N2OS. The molecule has 0 amide bonds. The van der Waals surface area contributed by atoms with Crippen molar-refractivity contribution in [2.75, 3.05) is 6.61 Å². The van der Waals surface area contributed by atoms with Gasteiger partial charge in [0.25, 0.3) is 0 Å². The molecule has 3 nitrogen and oxygen atoms in total. The fourth-order valence-electron chi connectivity index (χ4n) is 1.76. The molecule has 0 fully saturated rings. The zero-order valence-corrected chi connectivity index (χ0v) is 10.3. The van der Waals surface area contributed by atoms with Crippen LogP contribution >= 0.6 is 11.3 Å². The third-order valence-corrected chi connectivity index (χ3v) is 4.10. The number of H-pyrrole nitrogens is 1. The van der Waals surface area contributed by atoms with E-state index in [-0.39, 0.29) is 12.5 Å². The van der Waals surface area contributed by atoms with Gasteiger partial charge in [0.2, 0.25) is 0 Å². The molecule has 0 aliphatic heterocycles. The van der Waals surface area contributed by atoms with Crippen molar-refractivity contribution >= 4 is 11.3 Å². The topological polar surface area (TPSA) is 48.9 Å². The van der Waals surface area contributed by atoms with E-state index in [0.29, 0.717) is 0 Å². The average molecular weight is 236 g/mol. The van der Waals surface area contributed by atoms with Crippen molar-refractivity contribution in [3.8, 4) is 10.7 Å². The maximum absolute atomic E-state index is 9.31. The lowest BCUT2D eigenvalue weighted by atomic mass is 10.1. The number of aryl methyl sites for hydroxylation is 1. The lowest BCUT2D eigenvalue weighted by Crippen LogP contribution is -2.01. The van der Waals surface area contributed by atoms with Gasteiger partial charge in [0.05, 0.1) is 18.0 Å². The molecule has 1 atom stereocenters. The first-order valence-corrected chi connectivity index (χ1v) is 6.29.